The number of ether oxygens (including phenoxy) is 1. The number of benzene rings is 2. The van der Waals surface area contributed by atoms with E-state index in [0.717, 1.165) is 11.1 Å². The summed E-state index contributed by atoms with van der Waals surface area (Å²) in [7, 11) is 0. The van der Waals surface area contributed by atoms with Crippen molar-refractivity contribution >= 4 is 46.9 Å². The summed E-state index contributed by atoms with van der Waals surface area (Å²) >= 11 is 17.8. The molecule has 9 heteroatoms. The molecule has 0 atom stereocenters. The lowest BCUT2D eigenvalue weighted by Gasteiger charge is -2.11. The number of carbonyl (C=O) groups is 1. The Morgan fingerprint density at radius 3 is 2.61 bits per heavy atom. The normalized spacial score (nSPS) is 11.0. The fraction of sp³-hybridized carbons (Fsp3) is 0.105. The maximum Gasteiger partial charge on any atom is 0.277 e. The molecule has 0 aliphatic rings. The molecule has 0 radical (unpaired) electrons. The first kappa shape index (κ1) is 20.2. The fourth-order valence-electron chi connectivity index (χ4n) is 2.32. The lowest BCUT2D eigenvalue weighted by molar-refractivity contribution is -0.123. The van der Waals surface area contributed by atoms with Gasteiger partial charge in [0.15, 0.2) is 11.8 Å². The van der Waals surface area contributed by atoms with E-state index in [9.17, 15) is 4.79 Å². The SMILES string of the molecule is O=C(COc1ccccc1Cn1cnc(Cl)c1Cl)N/N=C/c1ccc(Cl)cc1. The second-order valence-corrected chi connectivity index (χ2v) is 6.85. The highest BCUT2D eigenvalue weighted by molar-refractivity contribution is 6.40. The summed E-state index contributed by atoms with van der Waals surface area (Å²) in [5, 5.41) is 5.10. The number of halogens is 3. The lowest BCUT2D eigenvalue weighted by atomic mass is 10.2. The third-order valence-electron chi connectivity index (χ3n) is 3.68. The average molecular weight is 438 g/mol. The van der Waals surface area contributed by atoms with E-state index in [1.807, 2.05) is 18.2 Å². The molecule has 1 N–H and O–H groups in total. The van der Waals surface area contributed by atoms with E-state index in [1.54, 1.807) is 41.2 Å². The second-order valence-electron chi connectivity index (χ2n) is 5.70. The van der Waals surface area contributed by atoms with Crippen LogP contribution in [-0.4, -0.2) is 28.3 Å². The van der Waals surface area contributed by atoms with Gasteiger partial charge in [0.2, 0.25) is 0 Å². The van der Waals surface area contributed by atoms with Gasteiger partial charge < -0.3 is 9.30 Å². The van der Waals surface area contributed by atoms with E-state index in [2.05, 4.69) is 15.5 Å². The quantitative estimate of drug-likeness (QED) is 0.439. The van der Waals surface area contributed by atoms with Gasteiger partial charge in [-0.05, 0) is 23.8 Å². The lowest BCUT2D eigenvalue weighted by Crippen LogP contribution is -2.25. The largest absolute Gasteiger partial charge is 0.483 e. The molecule has 0 spiro atoms. The number of nitrogens with one attached hydrogen (secondary N) is 1. The minimum atomic E-state index is -0.385. The van der Waals surface area contributed by atoms with Crippen molar-refractivity contribution in [1.29, 1.82) is 0 Å². The van der Waals surface area contributed by atoms with Gasteiger partial charge in [0.25, 0.3) is 5.91 Å². The van der Waals surface area contributed by atoms with Gasteiger partial charge in [0.05, 0.1) is 19.1 Å². The second kappa shape index (κ2) is 9.59. The number of nitrogens with zero attached hydrogens (tertiary/aromatic N) is 3. The van der Waals surface area contributed by atoms with Crippen LogP contribution in [0.1, 0.15) is 11.1 Å². The summed E-state index contributed by atoms with van der Waals surface area (Å²) in [5.74, 6) is 0.170. The number of carbonyl (C=O) groups excluding carboxylic acids is 1. The van der Waals surface area contributed by atoms with Crippen LogP contribution in [0.15, 0.2) is 60.0 Å². The number of aromatic nitrogens is 2. The first-order valence-corrected chi connectivity index (χ1v) is 9.30. The van der Waals surface area contributed by atoms with Crippen molar-refractivity contribution in [1.82, 2.24) is 15.0 Å². The van der Waals surface area contributed by atoms with Crippen LogP contribution in [0.4, 0.5) is 0 Å². The molecule has 1 aromatic heterocycles. The molecule has 0 unspecified atom stereocenters. The third kappa shape index (κ3) is 5.48. The Hall–Kier alpha value is -2.54. The van der Waals surface area contributed by atoms with E-state index in [4.69, 9.17) is 39.5 Å². The fourth-order valence-corrected chi connectivity index (χ4v) is 2.75. The van der Waals surface area contributed by atoms with Crippen molar-refractivity contribution in [2.75, 3.05) is 6.61 Å². The highest BCUT2D eigenvalue weighted by Crippen LogP contribution is 2.24. The van der Waals surface area contributed by atoms with Crippen LogP contribution in [0.5, 0.6) is 5.75 Å². The Morgan fingerprint density at radius 2 is 1.89 bits per heavy atom. The summed E-state index contributed by atoms with van der Waals surface area (Å²) in [5.41, 5.74) is 4.06. The first-order chi connectivity index (χ1) is 13.5. The minimum Gasteiger partial charge on any atom is -0.483 e. The Morgan fingerprint density at radius 1 is 1.14 bits per heavy atom. The number of hydrogen-bond donors (Lipinski definition) is 1. The van der Waals surface area contributed by atoms with Gasteiger partial charge >= 0.3 is 0 Å². The van der Waals surface area contributed by atoms with E-state index in [-0.39, 0.29) is 17.7 Å². The van der Waals surface area contributed by atoms with Crippen molar-refractivity contribution < 1.29 is 9.53 Å². The number of imidazole rings is 1. The van der Waals surface area contributed by atoms with E-state index >= 15 is 0 Å². The predicted molar refractivity (Wildman–Crippen MR) is 110 cm³/mol. The van der Waals surface area contributed by atoms with Crippen molar-refractivity contribution in [3.63, 3.8) is 0 Å². The van der Waals surface area contributed by atoms with E-state index in [0.29, 0.717) is 22.5 Å². The number of para-hydroxylation sites is 1. The van der Waals surface area contributed by atoms with Gasteiger partial charge in [0, 0.05) is 10.6 Å². The summed E-state index contributed by atoms with van der Waals surface area (Å²) in [6, 6.07) is 14.4. The Balaban J connectivity index is 1.56. The summed E-state index contributed by atoms with van der Waals surface area (Å²) in [6.45, 7) is 0.221. The van der Waals surface area contributed by atoms with Gasteiger partial charge in [-0.3, -0.25) is 4.79 Å². The number of hydrazone groups is 1. The van der Waals surface area contributed by atoms with Gasteiger partial charge in [-0.1, -0.05) is 65.1 Å². The number of amides is 1. The zero-order valence-corrected chi connectivity index (χ0v) is 16.7. The molecular weight excluding hydrogens is 423 g/mol. The molecule has 0 aliphatic heterocycles. The highest BCUT2D eigenvalue weighted by atomic mass is 35.5. The molecule has 2 aromatic carbocycles. The molecular formula is C19H15Cl3N4O2. The molecule has 0 saturated carbocycles. The number of hydrogen-bond acceptors (Lipinski definition) is 4. The predicted octanol–water partition coefficient (Wildman–Crippen LogP) is 4.42. The van der Waals surface area contributed by atoms with Gasteiger partial charge in [-0.2, -0.15) is 5.10 Å². The minimum absolute atomic E-state index is 0.187. The van der Waals surface area contributed by atoms with Crippen LogP contribution in [0.25, 0.3) is 0 Å². The van der Waals surface area contributed by atoms with Crippen molar-refractivity contribution in [2.24, 2.45) is 5.10 Å². The van der Waals surface area contributed by atoms with Crippen molar-refractivity contribution in [3.05, 3.63) is 81.3 Å². The zero-order valence-electron chi connectivity index (χ0n) is 14.5. The summed E-state index contributed by atoms with van der Waals surface area (Å²) in [6.07, 6.45) is 3.06. The first-order valence-electron chi connectivity index (χ1n) is 8.17. The summed E-state index contributed by atoms with van der Waals surface area (Å²) < 4.78 is 7.31. The van der Waals surface area contributed by atoms with E-state index in [1.165, 1.54) is 6.21 Å². The maximum absolute atomic E-state index is 12.0. The molecule has 0 saturated heterocycles. The van der Waals surface area contributed by atoms with Gasteiger partial charge in [-0.25, -0.2) is 10.4 Å². The third-order valence-corrected chi connectivity index (χ3v) is 4.70. The van der Waals surface area contributed by atoms with Crippen molar-refractivity contribution in [3.8, 4) is 5.75 Å². The molecule has 1 heterocycles. The Bertz CT molecular complexity index is 987. The topological polar surface area (TPSA) is 68.5 Å². The molecule has 6 nitrogen and oxygen atoms in total. The van der Waals surface area contributed by atoms with Crippen LogP contribution in [0.3, 0.4) is 0 Å². The van der Waals surface area contributed by atoms with Gasteiger partial charge in [0.1, 0.15) is 10.9 Å². The molecule has 3 aromatic rings. The van der Waals surface area contributed by atoms with Crippen LogP contribution in [0.2, 0.25) is 15.3 Å². The molecule has 1 amide bonds. The van der Waals surface area contributed by atoms with Crippen LogP contribution >= 0.6 is 34.8 Å². The molecule has 0 fully saturated rings. The molecule has 0 bridgehead atoms. The molecule has 144 valence electrons. The van der Waals surface area contributed by atoms with E-state index < -0.39 is 0 Å². The van der Waals surface area contributed by atoms with Crippen LogP contribution < -0.4 is 10.2 Å². The van der Waals surface area contributed by atoms with Crippen LogP contribution in [-0.2, 0) is 11.3 Å². The number of rotatable bonds is 7. The Kier molecular flexibility index (Phi) is 6.92. The molecule has 3 rings (SSSR count). The van der Waals surface area contributed by atoms with Crippen LogP contribution in [0, 0.1) is 0 Å². The molecule has 0 aliphatic carbocycles. The maximum atomic E-state index is 12.0. The summed E-state index contributed by atoms with van der Waals surface area (Å²) in [4.78, 5) is 15.9. The van der Waals surface area contributed by atoms with Crippen molar-refractivity contribution in [2.45, 2.75) is 6.54 Å². The highest BCUT2D eigenvalue weighted by Gasteiger charge is 2.10. The standard InChI is InChI=1S/C19H15Cl3N4O2/c20-15-7-5-13(6-8-15)9-24-25-17(27)11-28-16-4-2-1-3-14(16)10-26-12-23-18(21)19(26)22/h1-9,12H,10-11H2,(H,25,27)/b24-9+. The zero-order chi connectivity index (χ0) is 19.9. The van der Waals surface area contributed by atoms with Gasteiger partial charge in [-0.15, -0.1) is 0 Å². The average Bonchev–Trinajstić information content (AvgIpc) is 3.01. The Labute approximate surface area is 176 Å². The molecule has 28 heavy (non-hydrogen) atoms. The smallest absolute Gasteiger partial charge is 0.277 e. The monoisotopic (exact) mass is 436 g/mol.